The van der Waals surface area contributed by atoms with Gasteiger partial charge in [-0.2, -0.15) is 0 Å². The third-order valence-corrected chi connectivity index (χ3v) is 3.11. The molecule has 0 bridgehead atoms. The summed E-state index contributed by atoms with van der Waals surface area (Å²) in [5.41, 5.74) is 0.440. The number of hydrogen-bond acceptors (Lipinski definition) is 5. The highest BCUT2D eigenvalue weighted by Crippen LogP contribution is 2.14. The SMILES string of the molecule is C=C(C)C(=O)OCCNSSCC. The summed E-state index contributed by atoms with van der Waals surface area (Å²) in [6.07, 6.45) is 0. The van der Waals surface area contributed by atoms with Crippen molar-refractivity contribution in [2.24, 2.45) is 0 Å². The number of nitrogens with one attached hydrogen (secondary N) is 1. The van der Waals surface area contributed by atoms with Crippen LogP contribution in [0.15, 0.2) is 12.2 Å². The maximum absolute atomic E-state index is 10.9. The molecule has 1 N–H and O–H groups in total. The minimum absolute atomic E-state index is 0.324. The Bertz CT molecular complexity index is 174. The zero-order valence-corrected chi connectivity index (χ0v) is 9.59. The van der Waals surface area contributed by atoms with E-state index in [2.05, 4.69) is 18.2 Å². The van der Waals surface area contributed by atoms with Gasteiger partial charge in [-0.1, -0.05) is 24.3 Å². The molecule has 0 saturated carbocycles. The van der Waals surface area contributed by atoms with Crippen LogP contribution in [0.5, 0.6) is 0 Å². The Morgan fingerprint density at radius 1 is 1.62 bits per heavy atom. The molecule has 0 rings (SSSR count). The van der Waals surface area contributed by atoms with Crippen molar-refractivity contribution in [2.45, 2.75) is 13.8 Å². The third kappa shape index (κ3) is 8.21. The molecule has 0 aliphatic carbocycles. The van der Waals surface area contributed by atoms with Crippen LogP contribution in [0.1, 0.15) is 13.8 Å². The molecule has 3 nitrogen and oxygen atoms in total. The van der Waals surface area contributed by atoms with Gasteiger partial charge < -0.3 is 4.74 Å². The summed E-state index contributed by atoms with van der Waals surface area (Å²) in [6, 6.07) is 0. The van der Waals surface area contributed by atoms with E-state index >= 15 is 0 Å². The molecule has 0 aromatic rings. The van der Waals surface area contributed by atoms with E-state index < -0.39 is 0 Å². The minimum atomic E-state index is -0.324. The summed E-state index contributed by atoms with van der Waals surface area (Å²) in [5.74, 6) is 0.735. The van der Waals surface area contributed by atoms with Crippen LogP contribution in [-0.4, -0.2) is 24.9 Å². The monoisotopic (exact) mass is 221 g/mol. The first-order valence-electron chi connectivity index (χ1n) is 4.02. The number of hydrogen-bond donors (Lipinski definition) is 1. The van der Waals surface area contributed by atoms with Crippen molar-refractivity contribution < 1.29 is 9.53 Å². The normalized spacial score (nSPS) is 9.69. The second-order valence-corrected chi connectivity index (χ2v) is 4.78. The van der Waals surface area contributed by atoms with Crippen LogP contribution >= 0.6 is 21.8 Å². The molecule has 0 fully saturated rings. The molecule has 0 saturated heterocycles. The van der Waals surface area contributed by atoms with E-state index in [4.69, 9.17) is 4.74 Å². The molecule has 0 aromatic carbocycles. The lowest BCUT2D eigenvalue weighted by molar-refractivity contribution is -0.138. The highest BCUT2D eigenvalue weighted by Gasteiger charge is 2.01. The Morgan fingerprint density at radius 2 is 2.31 bits per heavy atom. The number of esters is 1. The first-order chi connectivity index (χ1) is 6.18. The lowest BCUT2D eigenvalue weighted by atomic mass is 10.4. The Hall–Kier alpha value is -0.130. The molecule has 0 amide bonds. The number of ether oxygens (including phenoxy) is 1. The molecule has 0 atom stereocenters. The van der Waals surface area contributed by atoms with Crippen LogP contribution in [0, 0.1) is 0 Å². The summed E-state index contributed by atoms with van der Waals surface area (Å²) in [5, 5.41) is 0. The van der Waals surface area contributed by atoms with Gasteiger partial charge in [0.15, 0.2) is 0 Å². The van der Waals surface area contributed by atoms with E-state index in [1.54, 1.807) is 28.7 Å². The van der Waals surface area contributed by atoms with Gasteiger partial charge >= 0.3 is 5.97 Å². The highest BCUT2D eigenvalue weighted by atomic mass is 33.1. The smallest absolute Gasteiger partial charge is 0.333 e. The van der Waals surface area contributed by atoms with Gasteiger partial charge in [0, 0.05) is 17.9 Å². The van der Waals surface area contributed by atoms with E-state index in [0.717, 1.165) is 5.75 Å². The van der Waals surface area contributed by atoms with Crippen LogP contribution in [-0.2, 0) is 9.53 Å². The fraction of sp³-hybridized carbons (Fsp3) is 0.625. The van der Waals surface area contributed by atoms with E-state index in [-0.39, 0.29) is 5.97 Å². The fourth-order valence-electron chi connectivity index (χ4n) is 0.451. The van der Waals surface area contributed by atoms with Crippen molar-refractivity contribution in [1.29, 1.82) is 0 Å². The van der Waals surface area contributed by atoms with Gasteiger partial charge in [-0.05, 0) is 17.9 Å². The molecule has 0 radical (unpaired) electrons. The first-order valence-corrected chi connectivity index (χ1v) is 6.34. The zero-order valence-electron chi connectivity index (χ0n) is 7.96. The molecule has 0 unspecified atom stereocenters. The predicted molar refractivity (Wildman–Crippen MR) is 59.5 cm³/mol. The minimum Gasteiger partial charge on any atom is -0.461 e. The van der Waals surface area contributed by atoms with Crippen molar-refractivity contribution in [1.82, 2.24) is 4.72 Å². The maximum atomic E-state index is 10.9. The largest absolute Gasteiger partial charge is 0.461 e. The van der Waals surface area contributed by atoms with Crippen molar-refractivity contribution in [3.05, 3.63) is 12.2 Å². The number of rotatable bonds is 7. The summed E-state index contributed by atoms with van der Waals surface area (Å²) in [6.45, 7) is 8.25. The van der Waals surface area contributed by atoms with E-state index in [1.807, 2.05) is 0 Å². The topological polar surface area (TPSA) is 38.3 Å². The van der Waals surface area contributed by atoms with Crippen molar-refractivity contribution >= 4 is 27.7 Å². The van der Waals surface area contributed by atoms with Crippen LogP contribution in [0.2, 0.25) is 0 Å². The molecule has 0 aliphatic heterocycles. The molecule has 5 heteroatoms. The van der Waals surface area contributed by atoms with Gasteiger partial charge in [0.05, 0.1) is 0 Å². The van der Waals surface area contributed by atoms with Crippen LogP contribution in [0.3, 0.4) is 0 Å². The van der Waals surface area contributed by atoms with Crippen molar-refractivity contribution in [2.75, 3.05) is 18.9 Å². The quantitative estimate of drug-likeness (QED) is 0.234. The van der Waals surface area contributed by atoms with E-state index in [1.165, 1.54) is 0 Å². The molecular weight excluding hydrogens is 206 g/mol. The highest BCUT2D eigenvalue weighted by molar-refractivity contribution is 8.76. The first kappa shape index (κ1) is 12.9. The Morgan fingerprint density at radius 3 is 2.85 bits per heavy atom. The summed E-state index contributed by atoms with van der Waals surface area (Å²) in [4.78, 5) is 10.9. The molecular formula is C8H15NO2S2. The van der Waals surface area contributed by atoms with Crippen LogP contribution < -0.4 is 4.72 Å². The third-order valence-electron chi connectivity index (χ3n) is 1.02. The molecule has 0 heterocycles. The fourth-order valence-corrected chi connectivity index (χ4v) is 1.67. The van der Waals surface area contributed by atoms with Crippen molar-refractivity contribution in [3.8, 4) is 0 Å². The summed E-state index contributed by atoms with van der Waals surface area (Å²) < 4.78 is 7.91. The van der Waals surface area contributed by atoms with Gasteiger partial charge in [0.2, 0.25) is 0 Å². The Balaban J connectivity index is 3.16. The lowest BCUT2D eigenvalue weighted by Crippen LogP contribution is -2.15. The van der Waals surface area contributed by atoms with E-state index in [9.17, 15) is 4.79 Å². The van der Waals surface area contributed by atoms with Gasteiger partial charge in [0.25, 0.3) is 0 Å². The summed E-state index contributed by atoms with van der Waals surface area (Å²) >= 11 is 0. The average Bonchev–Trinajstić information content (AvgIpc) is 2.10. The second kappa shape index (κ2) is 8.47. The molecule has 0 spiro atoms. The zero-order chi connectivity index (χ0) is 10.1. The van der Waals surface area contributed by atoms with Gasteiger partial charge in [-0.15, -0.1) is 0 Å². The molecule has 76 valence electrons. The number of carbonyl (C=O) groups excluding carboxylic acids is 1. The van der Waals surface area contributed by atoms with E-state index in [0.29, 0.717) is 18.7 Å². The van der Waals surface area contributed by atoms with Crippen molar-refractivity contribution in [3.63, 3.8) is 0 Å². The lowest BCUT2D eigenvalue weighted by Gasteiger charge is -2.04. The maximum Gasteiger partial charge on any atom is 0.333 e. The average molecular weight is 221 g/mol. The standard InChI is InChI=1S/C8H15NO2S2/c1-4-12-13-9-5-6-11-8(10)7(2)3/h9H,2,4-6H2,1,3H3. The van der Waals surface area contributed by atoms with Gasteiger partial charge in [-0.25, -0.2) is 4.79 Å². The van der Waals surface area contributed by atoms with Crippen LogP contribution in [0.25, 0.3) is 0 Å². The molecule has 0 aliphatic rings. The Kier molecular flexibility index (Phi) is 8.38. The second-order valence-electron chi connectivity index (χ2n) is 2.30. The van der Waals surface area contributed by atoms with Gasteiger partial charge in [-0.3, -0.25) is 4.72 Å². The van der Waals surface area contributed by atoms with Crippen LogP contribution in [0.4, 0.5) is 0 Å². The number of carbonyl (C=O) groups is 1. The molecule has 0 aromatic heterocycles. The Labute approximate surface area is 87.2 Å². The molecule has 13 heavy (non-hydrogen) atoms. The summed E-state index contributed by atoms with van der Waals surface area (Å²) in [7, 11) is 3.29. The predicted octanol–water partition coefficient (Wildman–Crippen LogP) is 2.01. The van der Waals surface area contributed by atoms with Gasteiger partial charge in [0.1, 0.15) is 6.61 Å².